The lowest BCUT2D eigenvalue weighted by atomic mass is 9.99. The average molecular weight is 252 g/mol. The fourth-order valence-electron chi connectivity index (χ4n) is 2.28. The van der Waals surface area contributed by atoms with Gasteiger partial charge in [-0.3, -0.25) is 9.59 Å². The molecule has 16 heavy (non-hydrogen) atoms. The van der Waals surface area contributed by atoms with Crippen molar-refractivity contribution in [1.82, 2.24) is 0 Å². The third-order valence-electron chi connectivity index (χ3n) is 2.81. The average Bonchev–Trinajstić information content (AvgIpc) is 1.98. The molecule has 0 aliphatic heterocycles. The summed E-state index contributed by atoms with van der Waals surface area (Å²) in [6.45, 7) is 13.4. The van der Waals surface area contributed by atoms with Gasteiger partial charge in [-0.1, -0.05) is 39.3 Å². The van der Waals surface area contributed by atoms with Crippen molar-refractivity contribution in [1.29, 1.82) is 0 Å². The van der Waals surface area contributed by atoms with Crippen molar-refractivity contribution in [2.24, 2.45) is 0 Å². The lowest BCUT2D eigenvalue weighted by molar-refractivity contribution is -0.107. The predicted molar refractivity (Wildman–Crippen MR) is 72.9 cm³/mol. The second kappa shape index (κ2) is 3.93. The van der Waals surface area contributed by atoms with Crippen molar-refractivity contribution in [2.45, 2.75) is 39.3 Å². The van der Waals surface area contributed by atoms with E-state index >= 15 is 0 Å². The number of rotatable bonds is 4. The summed E-state index contributed by atoms with van der Waals surface area (Å²) in [7, 11) is -3.04. The van der Waals surface area contributed by atoms with E-state index in [0.717, 1.165) is 12.6 Å². The van der Waals surface area contributed by atoms with Crippen molar-refractivity contribution >= 4 is 28.7 Å². The molecule has 0 spiro atoms. The lowest BCUT2D eigenvalue weighted by Crippen LogP contribution is -2.41. The number of carbonyl (C=O) groups is 2. The van der Waals surface area contributed by atoms with Gasteiger partial charge in [-0.05, 0) is 10.4 Å². The van der Waals surface area contributed by atoms with Crippen LogP contribution < -0.4 is 0 Å². The summed E-state index contributed by atoms with van der Waals surface area (Å²) in [5, 5.41) is 2.48. The molecule has 0 bridgehead atoms. The first-order valence-corrected chi connectivity index (χ1v) is 12.5. The first-order chi connectivity index (χ1) is 7.14. The van der Waals surface area contributed by atoms with Crippen LogP contribution in [0.3, 0.4) is 0 Å². The number of carbonyl (C=O) groups excluding carboxylic acids is 2. The molecule has 0 aromatic heterocycles. The van der Waals surface area contributed by atoms with Crippen LogP contribution >= 0.6 is 0 Å². The van der Waals surface area contributed by atoms with Crippen LogP contribution in [0.15, 0.2) is 21.5 Å². The zero-order valence-corrected chi connectivity index (χ0v) is 13.0. The van der Waals surface area contributed by atoms with Gasteiger partial charge in [0.05, 0.1) is 16.1 Å². The first-order valence-electron chi connectivity index (χ1n) is 5.55. The molecular weight excluding hydrogens is 232 g/mol. The van der Waals surface area contributed by atoms with Gasteiger partial charge in [0, 0.05) is 11.1 Å². The van der Waals surface area contributed by atoms with E-state index in [1.807, 2.05) is 0 Å². The first kappa shape index (κ1) is 13.3. The SMILES string of the molecule is C[Si](C)(C)C1=C([Si](C)(C)C)C(C=O)=C1C=O. The highest BCUT2D eigenvalue weighted by atomic mass is 28.3. The Balaban J connectivity index is 3.37. The van der Waals surface area contributed by atoms with Crippen molar-refractivity contribution in [3.8, 4) is 0 Å². The van der Waals surface area contributed by atoms with Crippen LogP contribution in [0.4, 0.5) is 0 Å². The van der Waals surface area contributed by atoms with E-state index in [4.69, 9.17) is 0 Å². The molecule has 0 saturated heterocycles. The Kier molecular flexibility index (Phi) is 3.27. The predicted octanol–water partition coefficient (Wildman–Crippen LogP) is 2.75. The van der Waals surface area contributed by atoms with E-state index in [9.17, 15) is 9.59 Å². The van der Waals surface area contributed by atoms with Crippen molar-refractivity contribution in [3.05, 3.63) is 21.5 Å². The van der Waals surface area contributed by atoms with E-state index in [0.29, 0.717) is 11.1 Å². The van der Waals surface area contributed by atoms with Gasteiger partial charge < -0.3 is 0 Å². The monoisotopic (exact) mass is 252 g/mol. The molecule has 0 heterocycles. The van der Waals surface area contributed by atoms with Crippen molar-refractivity contribution in [2.75, 3.05) is 0 Å². The van der Waals surface area contributed by atoms with Gasteiger partial charge in [-0.25, -0.2) is 0 Å². The van der Waals surface area contributed by atoms with E-state index in [2.05, 4.69) is 39.3 Å². The molecule has 0 radical (unpaired) electrons. The number of aldehydes is 2. The highest BCUT2D eigenvalue weighted by molar-refractivity contribution is 6.92. The summed E-state index contributed by atoms with van der Waals surface area (Å²) in [5.41, 5.74) is 1.37. The highest BCUT2D eigenvalue weighted by Gasteiger charge is 2.41. The fourth-order valence-corrected chi connectivity index (χ4v) is 8.30. The summed E-state index contributed by atoms with van der Waals surface area (Å²) in [6.07, 6.45) is 1.72. The van der Waals surface area contributed by atoms with Crippen LogP contribution in [0.25, 0.3) is 0 Å². The molecule has 0 fully saturated rings. The molecule has 4 heteroatoms. The maximum atomic E-state index is 11.1. The van der Waals surface area contributed by atoms with Crippen molar-refractivity contribution < 1.29 is 9.59 Å². The molecule has 1 aliphatic rings. The van der Waals surface area contributed by atoms with Crippen LogP contribution in [0.1, 0.15) is 0 Å². The van der Waals surface area contributed by atoms with Gasteiger partial charge in [0.2, 0.25) is 0 Å². The molecule has 1 rings (SSSR count). The molecule has 0 aromatic carbocycles. The largest absolute Gasteiger partial charge is 0.298 e. The molecule has 0 atom stereocenters. The number of hydrogen-bond acceptors (Lipinski definition) is 2. The molecule has 0 unspecified atom stereocenters. The Morgan fingerprint density at radius 2 is 0.938 bits per heavy atom. The maximum Gasteiger partial charge on any atom is 0.150 e. The van der Waals surface area contributed by atoms with Crippen LogP contribution in [-0.2, 0) is 9.59 Å². The molecule has 0 aromatic rings. The van der Waals surface area contributed by atoms with Gasteiger partial charge in [0.25, 0.3) is 0 Å². The number of allylic oxidation sites excluding steroid dienone is 4. The van der Waals surface area contributed by atoms with Crippen LogP contribution in [0, 0.1) is 0 Å². The second-order valence-electron chi connectivity index (χ2n) is 6.31. The van der Waals surface area contributed by atoms with Gasteiger partial charge in [0.1, 0.15) is 0 Å². The van der Waals surface area contributed by atoms with E-state index in [-0.39, 0.29) is 0 Å². The normalized spacial score (nSPS) is 17.4. The molecule has 1 aliphatic carbocycles. The molecule has 0 N–H and O–H groups in total. The summed E-state index contributed by atoms with van der Waals surface area (Å²) in [5.74, 6) is 0. The zero-order valence-electron chi connectivity index (χ0n) is 11.0. The quantitative estimate of drug-likeness (QED) is 0.569. The van der Waals surface area contributed by atoms with Crippen LogP contribution in [0.5, 0.6) is 0 Å². The third kappa shape index (κ3) is 2.04. The standard InChI is InChI=1S/C12H20O2Si2/c1-15(2,3)11-9(7-13)10(8-14)12(11)16(4,5)6/h7-8H,1-6H3. The molecule has 88 valence electrons. The summed E-state index contributed by atoms with van der Waals surface area (Å²) in [6, 6.07) is 0. The third-order valence-corrected chi connectivity index (χ3v) is 7.10. The van der Waals surface area contributed by atoms with Gasteiger partial charge in [-0.15, -0.1) is 0 Å². The maximum absolute atomic E-state index is 11.1. The Hall–Kier alpha value is -0.746. The molecule has 2 nitrogen and oxygen atoms in total. The molecule has 0 saturated carbocycles. The van der Waals surface area contributed by atoms with Gasteiger partial charge in [0.15, 0.2) is 12.6 Å². The smallest absolute Gasteiger partial charge is 0.150 e. The van der Waals surface area contributed by atoms with Crippen molar-refractivity contribution in [3.63, 3.8) is 0 Å². The summed E-state index contributed by atoms with van der Waals surface area (Å²) < 4.78 is 0. The zero-order chi connectivity index (χ0) is 12.7. The van der Waals surface area contributed by atoms with Gasteiger partial charge in [-0.2, -0.15) is 0 Å². The fraction of sp³-hybridized carbons (Fsp3) is 0.500. The minimum Gasteiger partial charge on any atom is -0.298 e. The summed E-state index contributed by atoms with van der Waals surface area (Å²) in [4.78, 5) is 22.1. The summed E-state index contributed by atoms with van der Waals surface area (Å²) >= 11 is 0. The lowest BCUT2D eigenvalue weighted by Gasteiger charge is -2.39. The van der Waals surface area contributed by atoms with Crippen LogP contribution in [0.2, 0.25) is 39.3 Å². The molecule has 0 amide bonds. The van der Waals surface area contributed by atoms with Crippen LogP contribution in [-0.4, -0.2) is 28.7 Å². The Bertz CT molecular complexity index is 366. The minimum atomic E-state index is -1.52. The minimum absolute atomic E-state index is 0.687. The highest BCUT2D eigenvalue weighted by Crippen LogP contribution is 2.43. The molecular formula is C12H20O2Si2. The second-order valence-corrected chi connectivity index (χ2v) is 16.3. The Morgan fingerprint density at radius 1 is 0.688 bits per heavy atom. The Morgan fingerprint density at radius 3 is 1.06 bits per heavy atom. The number of hydrogen-bond donors (Lipinski definition) is 0. The van der Waals surface area contributed by atoms with E-state index in [1.165, 1.54) is 10.4 Å². The van der Waals surface area contributed by atoms with E-state index < -0.39 is 16.1 Å². The van der Waals surface area contributed by atoms with E-state index in [1.54, 1.807) is 0 Å². The Labute approximate surface area is 99.5 Å². The van der Waals surface area contributed by atoms with Gasteiger partial charge >= 0.3 is 0 Å². The topological polar surface area (TPSA) is 34.1 Å².